The lowest BCUT2D eigenvalue weighted by atomic mass is 9.95. The number of rotatable bonds is 3. The fourth-order valence-corrected chi connectivity index (χ4v) is 3.20. The molecule has 3 aromatic rings. The second-order valence-corrected chi connectivity index (χ2v) is 6.00. The molecule has 2 unspecified atom stereocenters. The Morgan fingerprint density at radius 1 is 0.880 bits per heavy atom. The number of carbonyl (C=O) groups excluding carboxylic acids is 2. The molecular formula is C20H17N3O2. The summed E-state index contributed by atoms with van der Waals surface area (Å²) in [6.45, 7) is 0. The van der Waals surface area contributed by atoms with Gasteiger partial charge in [0.1, 0.15) is 6.04 Å². The highest BCUT2D eigenvalue weighted by Gasteiger charge is 2.37. The molecule has 0 saturated carbocycles. The predicted octanol–water partition coefficient (Wildman–Crippen LogP) is 2.31. The highest BCUT2D eigenvalue weighted by molar-refractivity contribution is 5.98. The van der Waals surface area contributed by atoms with E-state index < -0.39 is 6.04 Å². The van der Waals surface area contributed by atoms with Crippen molar-refractivity contribution in [2.45, 2.75) is 12.1 Å². The lowest BCUT2D eigenvalue weighted by molar-refractivity contribution is -0.121. The number of hydrogen-bond donors (Lipinski definition) is 3. The second-order valence-electron chi connectivity index (χ2n) is 6.00. The van der Waals surface area contributed by atoms with Gasteiger partial charge in [0.15, 0.2) is 0 Å². The van der Waals surface area contributed by atoms with Gasteiger partial charge in [-0.3, -0.25) is 15.0 Å². The average molecular weight is 331 g/mol. The molecule has 2 amide bonds. The van der Waals surface area contributed by atoms with Gasteiger partial charge < -0.3 is 5.32 Å². The zero-order valence-corrected chi connectivity index (χ0v) is 13.4. The van der Waals surface area contributed by atoms with Crippen LogP contribution in [0.1, 0.15) is 22.0 Å². The van der Waals surface area contributed by atoms with Gasteiger partial charge in [0, 0.05) is 5.56 Å². The first-order chi connectivity index (χ1) is 12.2. The van der Waals surface area contributed by atoms with E-state index in [1.54, 1.807) is 24.3 Å². The number of hydrogen-bond acceptors (Lipinski definition) is 3. The quantitative estimate of drug-likeness (QED) is 0.690. The Kier molecular flexibility index (Phi) is 3.91. The molecule has 124 valence electrons. The highest BCUT2D eigenvalue weighted by atomic mass is 16.2. The van der Waals surface area contributed by atoms with Crippen molar-refractivity contribution in [3.8, 4) is 0 Å². The van der Waals surface area contributed by atoms with Gasteiger partial charge in [-0.15, -0.1) is 0 Å². The minimum Gasteiger partial charge on any atom is -0.338 e. The molecule has 1 aliphatic heterocycles. The van der Waals surface area contributed by atoms with Crippen molar-refractivity contribution in [3.05, 3.63) is 83.9 Å². The van der Waals surface area contributed by atoms with Crippen LogP contribution in [0, 0.1) is 0 Å². The highest BCUT2D eigenvalue weighted by Crippen LogP contribution is 2.28. The van der Waals surface area contributed by atoms with Crippen molar-refractivity contribution in [2.24, 2.45) is 0 Å². The summed E-state index contributed by atoms with van der Waals surface area (Å²) < 4.78 is 0. The van der Waals surface area contributed by atoms with Gasteiger partial charge in [0.05, 0.1) is 6.04 Å². The predicted molar refractivity (Wildman–Crippen MR) is 95.7 cm³/mol. The van der Waals surface area contributed by atoms with E-state index in [1.807, 2.05) is 48.5 Å². The van der Waals surface area contributed by atoms with E-state index in [-0.39, 0.29) is 17.9 Å². The molecule has 0 aliphatic carbocycles. The van der Waals surface area contributed by atoms with Crippen LogP contribution in [0.15, 0.2) is 72.8 Å². The molecule has 1 fully saturated rings. The van der Waals surface area contributed by atoms with Crippen molar-refractivity contribution in [1.29, 1.82) is 0 Å². The van der Waals surface area contributed by atoms with E-state index in [4.69, 9.17) is 0 Å². The number of carbonyl (C=O) groups is 2. The number of benzene rings is 3. The topological polar surface area (TPSA) is 70.2 Å². The SMILES string of the molecule is O=C(NC1C(=O)NNC1c1cccc2ccccc12)c1ccccc1. The molecule has 4 rings (SSSR count). The van der Waals surface area contributed by atoms with Gasteiger partial charge in [-0.2, -0.15) is 0 Å². The lowest BCUT2D eigenvalue weighted by Crippen LogP contribution is -2.42. The molecule has 1 saturated heterocycles. The van der Waals surface area contributed by atoms with Gasteiger partial charge in [-0.1, -0.05) is 60.7 Å². The Labute approximate surface area is 145 Å². The Hall–Kier alpha value is -3.18. The summed E-state index contributed by atoms with van der Waals surface area (Å²) >= 11 is 0. The Balaban J connectivity index is 1.67. The summed E-state index contributed by atoms with van der Waals surface area (Å²) in [4.78, 5) is 24.7. The molecule has 0 aromatic heterocycles. The average Bonchev–Trinajstić information content (AvgIpc) is 3.02. The summed E-state index contributed by atoms with van der Waals surface area (Å²) in [6, 6.07) is 21.8. The summed E-state index contributed by atoms with van der Waals surface area (Å²) in [6.07, 6.45) is 0. The molecular weight excluding hydrogens is 314 g/mol. The fraction of sp³-hybridized carbons (Fsp3) is 0.100. The van der Waals surface area contributed by atoms with E-state index in [0.717, 1.165) is 16.3 Å². The molecule has 1 aliphatic rings. The number of fused-ring (bicyclic) bond motifs is 1. The minimum atomic E-state index is -0.682. The van der Waals surface area contributed by atoms with Crippen molar-refractivity contribution < 1.29 is 9.59 Å². The number of amides is 2. The van der Waals surface area contributed by atoms with Crippen LogP contribution in [0.5, 0.6) is 0 Å². The van der Waals surface area contributed by atoms with Gasteiger partial charge >= 0.3 is 0 Å². The van der Waals surface area contributed by atoms with Crippen LogP contribution >= 0.6 is 0 Å². The molecule has 5 nitrogen and oxygen atoms in total. The molecule has 2 atom stereocenters. The summed E-state index contributed by atoms with van der Waals surface area (Å²) in [5.41, 5.74) is 7.14. The first-order valence-electron chi connectivity index (χ1n) is 8.13. The zero-order valence-electron chi connectivity index (χ0n) is 13.4. The van der Waals surface area contributed by atoms with Gasteiger partial charge in [-0.25, -0.2) is 5.43 Å². The molecule has 25 heavy (non-hydrogen) atoms. The van der Waals surface area contributed by atoms with E-state index in [2.05, 4.69) is 16.2 Å². The van der Waals surface area contributed by atoms with E-state index in [1.165, 1.54) is 0 Å². The van der Waals surface area contributed by atoms with Crippen molar-refractivity contribution in [3.63, 3.8) is 0 Å². The van der Waals surface area contributed by atoms with Gasteiger partial charge in [-0.05, 0) is 28.5 Å². The maximum atomic E-state index is 12.5. The molecule has 0 spiro atoms. The maximum absolute atomic E-state index is 12.5. The van der Waals surface area contributed by atoms with Crippen LogP contribution in [0.25, 0.3) is 10.8 Å². The minimum absolute atomic E-state index is 0.248. The van der Waals surface area contributed by atoms with Crippen LogP contribution in [0.4, 0.5) is 0 Å². The zero-order chi connectivity index (χ0) is 17.2. The van der Waals surface area contributed by atoms with Crippen LogP contribution in [-0.4, -0.2) is 17.9 Å². The monoisotopic (exact) mass is 331 g/mol. The molecule has 0 radical (unpaired) electrons. The number of hydrazine groups is 1. The Bertz CT molecular complexity index is 935. The van der Waals surface area contributed by atoms with Crippen LogP contribution in [0.2, 0.25) is 0 Å². The Morgan fingerprint density at radius 2 is 1.60 bits per heavy atom. The molecule has 3 N–H and O–H groups in total. The van der Waals surface area contributed by atoms with Crippen molar-refractivity contribution >= 4 is 22.6 Å². The van der Waals surface area contributed by atoms with E-state index in [9.17, 15) is 9.59 Å². The van der Waals surface area contributed by atoms with Crippen LogP contribution in [0.3, 0.4) is 0 Å². The summed E-state index contributed by atoms with van der Waals surface area (Å²) in [5.74, 6) is -0.517. The Morgan fingerprint density at radius 3 is 2.44 bits per heavy atom. The maximum Gasteiger partial charge on any atom is 0.258 e. The van der Waals surface area contributed by atoms with Gasteiger partial charge in [0.2, 0.25) is 0 Å². The third-order valence-electron chi connectivity index (χ3n) is 4.45. The smallest absolute Gasteiger partial charge is 0.258 e. The third kappa shape index (κ3) is 2.86. The number of nitrogens with one attached hydrogen (secondary N) is 3. The fourth-order valence-electron chi connectivity index (χ4n) is 3.20. The molecule has 3 aromatic carbocycles. The first kappa shape index (κ1) is 15.4. The second kappa shape index (κ2) is 6.37. The third-order valence-corrected chi connectivity index (χ3v) is 4.45. The molecule has 1 heterocycles. The normalized spacial score (nSPS) is 19.6. The van der Waals surface area contributed by atoms with E-state index >= 15 is 0 Å². The van der Waals surface area contributed by atoms with Crippen molar-refractivity contribution in [2.75, 3.05) is 0 Å². The van der Waals surface area contributed by atoms with Gasteiger partial charge in [0.25, 0.3) is 11.8 Å². The van der Waals surface area contributed by atoms with Crippen LogP contribution < -0.4 is 16.2 Å². The van der Waals surface area contributed by atoms with Crippen molar-refractivity contribution in [1.82, 2.24) is 16.2 Å². The largest absolute Gasteiger partial charge is 0.338 e. The molecule has 5 heteroatoms. The van der Waals surface area contributed by atoms with Crippen LogP contribution in [-0.2, 0) is 4.79 Å². The van der Waals surface area contributed by atoms with E-state index in [0.29, 0.717) is 5.56 Å². The lowest BCUT2D eigenvalue weighted by Gasteiger charge is -2.20. The standard InChI is InChI=1S/C20H17N3O2/c24-19(14-8-2-1-3-9-14)21-18-17(22-23-20(18)25)16-12-6-10-13-7-4-5-11-15(13)16/h1-12,17-18,22H,(H,21,24)(H,23,25). The molecule has 0 bridgehead atoms. The summed E-state index contributed by atoms with van der Waals surface area (Å²) in [5, 5.41) is 4.99. The summed E-state index contributed by atoms with van der Waals surface area (Å²) in [7, 11) is 0. The first-order valence-corrected chi connectivity index (χ1v) is 8.13.